The van der Waals surface area contributed by atoms with Gasteiger partial charge in [-0.3, -0.25) is 4.79 Å². The van der Waals surface area contributed by atoms with Gasteiger partial charge in [0, 0.05) is 19.8 Å². The molecule has 1 N–H and O–H groups in total. The number of carboxylic acid groups (broad SMARTS) is 1. The number of pyridine rings is 1. The molecule has 0 saturated carbocycles. The number of hydrogen-bond acceptors (Lipinski definition) is 3. The minimum atomic E-state index is -1.11. The number of rotatable bonds is 4. The summed E-state index contributed by atoms with van der Waals surface area (Å²) in [4.78, 5) is 27.4. The average Bonchev–Trinajstić information content (AvgIpc) is 2.28. The number of carbonyl (C=O) groups is 2. The van der Waals surface area contributed by atoms with E-state index in [4.69, 9.17) is 5.11 Å². The second-order valence-electron chi connectivity index (χ2n) is 3.21. The SMILES string of the molecule is C=CCN(C)C(=O)c1ccc(C(=O)O)nc1. The summed E-state index contributed by atoms with van der Waals surface area (Å²) in [7, 11) is 1.63. The zero-order chi connectivity index (χ0) is 12.1. The Hall–Kier alpha value is -2.17. The number of aromatic carboxylic acids is 1. The summed E-state index contributed by atoms with van der Waals surface area (Å²) in [5.74, 6) is -1.33. The minimum absolute atomic E-state index is 0.0806. The van der Waals surface area contributed by atoms with Crippen molar-refractivity contribution >= 4 is 11.9 Å². The Labute approximate surface area is 93.0 Å². The van der Waals surface area contributed by atoms with Crippen LogP contribution < -0.4 is 0 Å². The lowest BCUT2D eigenvalue weighted by Gasteiger charge is -2.14. The van der Waals surface area contributed by atoms with E-state index in [1.165, 1.54) is 23.2 Å². The van der Waals surface area contributed by atoms with Gasteiger partial charge >= 0.3 is 5.97 Å². The Morgan fingerprint density at radius 1 is 1.56 bits per heavy atom. The Morgan fingerprint density at radius 3 is 2.69 bits per heavy atom. The number of aromatic nitrogens is 1. The summed E-state index contributed by atoms with van der Waals surface area (Å²) < 4.78 is 0. The van der Waals surface area contributed by atoms with Gasteiger partial charge in [-0.2, -0.15) is 0 Å². The van der Waals surface area contributed by atoms with Gasteiger partial charge in [-0.05, 0) is 12.1 Å². The highest BCUT2D eigenvalue weighted by Gasteiger charge is 2.12. The van der Waals surface area contributed by atoms with E-state index < -0.39 is 5.97 Å². The van der Waals surface area contributed by atoms with Gasteiger partial charge in [0.2, 0.25) is 0 Å². The van der Waals surface area contributed by atoms with Crippen LogP contribution in [0.15, 0.2) is 31.0 Å². The lowest BCUT2D eigenvalue weighted by Crippen LogP contribution is -2.26. The molecule has 0 atom stereocenters. The minimum Gasteiger partial charge on any atom is -0.477 e. The van der Waals surface area contributed by atoms with Gasteiger partial charge in [0.1, 0.15) is 5.69 Å². The Kier molecular flexibility index (Phi) is 3.77. The first kappa shape index (κ1) is 11.9. The predicted octanol–water partition coefficient (Wildman–Crippen LogP) is 1.04. The fourth-order valence-corrected chi connectivity index (χ4v) is 1.14. The summed E-state index contributed by atoms with van der Waals surface area (Å²) in [5, 5.41) is 8.64. The average molecular weight is 220 g/mol. The molecule has 0 spiro atoms. The van der Waals surface area contributed by atoms with Crippen molar-refractivity contribution in [2.24, 2.45) is 0 Å². The maximum absolute atomic E-state index is 11.7. The topological polar surface area (TPSA) is 70.5 Å². The third-order valence-corrected chi connectivity index (χ3v) is 1.98. The Bertz CT molecular complexity index is 412. The maximum Gasteiger partial charge on any atom is 0.354 e. The van der Waals surface area contributed by atoms with Crippen LogP contribution in [0.1, 0.15) is 20.8 Å². The molecule has 5 heteroatoms. The first-order valence-corrected chi connectivity index (χ1v) is 4.62. The third kappa shape index (κ3) is 2.66. The number of carboxylic acids is 1. The van der Waals surface area contributed by atoms with E-state index in [1.54, 1.807) is 13.1 Å². The van der Waals surface area contributed by atoms with Crippen molar-refractivity contribution < 1.29 is 14.7 Å². The van der Waals surface area contributed by atoms with E-state index in [9.17, 15) is 9.59 Å². The van der Waals surface area contributed by atoms with Crippen LogP contribution in [0.2, 0.25) is 0 Å². The Morgan fingerprint density at radius 2 is 2.25 bits per heavy atom. The summed E-state index contributed by atoms with van der Waals surface area (Å²) in [5.41, 5.74) is 0.275. The van der Waals surface area contributed by atoms with Crippen LogP contribution >= 0.6 is 0 Å². The summed E-state index contributed by atoms with van der Waals surface area (Å²) in [6.45, 7) is 3.96. The summed E-state index contributed by atoms with van der Waals surface area (Å²) in [6.07, 6.45) is 2.86. The van der Waals surface area contributed by atoms with Crippen molar-refractivity contribution in [2.45, 2.75) is 0 Å². The molecule has 1 heterocycles. The van der Waals surface area contributed by atoms with Crippen LogP contribution in [0.3, 0.4) is 0 Å². The zero-order valence-corrected chi connectivity index (χ0v) is 8.88. The number of carbonyl (C=O) groups excluding carboxylic acids is 1. The van der Waals surface area contributed by atoms with Gasteiger partial charge in [-0.25, -0.2) is 9.78 Å². The van der Waals surface area contributed by atoms with Crippen LogP contribution in [-0.2, 0) is 0 Å². The second kappa shape index (κ2) is 5.06. The number of nitrogens with zero attached hydrogens (tertiary/aromatic N) is 2. The molecule has 0 saturated heterocycles. The second-order valence-corrected chi connectivity index (χ2v) is 3.21. The highest BCUT2D eigenvalue weighted by Crippen LogP contribution is 2.04. The largest absolute Gasteiger partial charge is 0.477 e. The normalized spacial score (nSPS) is 9.56. The van der Waals surface area contributed by atoms with Gasteiger partial charge in [-0.15, -0.1) is 6.58 Å². The number of hydrogen-bond donors (Lipinski definition) is 1. The fourth-order valence-electron chi connectivity index (χ4n) is 1.14. The molecule has 0 bridgehead atoms. The smallest absolute Gasteiger partial charge is 0.354 e. The summed E-state index contributed by atoms with van der Waals surface area (Å²) >= 11 is 0. The standard InChI is InChI=1S/C11H12N2O3/c1-3-6-13(2)10(14)8-4-5-9(11(15)16)12-7-8/h3-5,7H,1,6H2,2H3,(H,15,16). The van der Waals surface area contributed by atoms with Crippen molar-refractivity contribution in [3.05, 3.63) is 42.2 Å². The van der Waals surface area contributed by atoms with Crippen molar-refractivity contribution in [1.29, 1.82) is 0 Å². The van der Waals surface area contributed by atoms with Crippen LogP contribution in [0, 0.1) is 0 Å². The lowest BCUT2D eigenvalue weighted by atomic mass is 10.2. The molecule has 0 aliphatic heterocycles. The van der Waals surface area contributed by atoms with E-state index >= 15 is 0 Å². The zero-order valence-electron chi connectivity index (χ0n) is 8.88. The molecule has 1 aromatic rings. The van der Waals surface area contributed by atoms with E-state index in [-0.39, 0.29) is 11.6 Å². The van der Waals surface area contributed by atoms with Crippen molar-refractivity contribution in [1.82, 2.24) is 9.88 Å². The molecule has 0 radical (unpaired) electrons. The van der Waals surface area contributed by atoms with Gasteiger partial charge in [-0.1, -0.05) is 6.08 Å². The van der Waals surface area contributed by atoms with Crippen LogP contribution in [-0.4, -0.2) is 40.5 Å². The monoisotopic (exact) mass is 220 g/mol. The van der Waals surface area contributed by atoms with Crippen molar-refractivity contribution in [3.63, 3.8) is 0 Å². The van der Waals surface area contributed by atoms with Gasteiger partial charge in [0.05, 0.1) is 5.56 Å². The summed E-state index contributed by atoms with van der Waals surface area (Å²) in [6, 6.07) is 2.75. The first-order valence-electron chi connectivity index (χ1n) is 4.62. The Balaban J connectivity index is 2.85. The van der Waals surface area contributed by atoms with Crippen LogP contribution in [0.4, 0.5) is 0 Å². The third-order valence-electron chi connectivity index (χ3n) is 1.98. The molecule has 84 valence electrons. The lowest BCUT2D eigenvalue weighted by molar-refractivity contribution is 0.0688. The first-order chi connectivity index (χ1) is 7.56. The van der Waals surface area contributed by atoms with Crippen LogP contribution in [0.5, 0.6) is 0 Å². The van der Waals surface area contributed by atoms with E-state index in [0.29, 0.717) is 12.1 Å². The molecule has 1 amide bonds. The van der Waals surface area contributed by atoms with Crippen LogP contribution in [0.25, 0.3) is 0 Å². The molecule has 0 unspecified atom stereocenters. The number of likely N-dealkylation sites (N-methyl/N-ethyl adjacent to an activating group) is 1. The van der Waals surface area contributed by atoms with E-state index in [0.717, 1.165) is 0 Å². The molecule has 16 heavy (non-hydrogen) atoms. The maximum atomic E-state index is 11.7. The van der Waals surface area contributed by atoms with E-state index in [1.807, 2.05) is 0 Å². The molecular formula is C11H12N2O3. The quantitative estimate of drug-likeness (QED) is 0.769. The molecule has 0 aromatic carbocycles. The number of amides is 1. The van der Waals surface area contributed by atoms with Gasteiger partial charge in [0.25, 0.3) is 5.91 Å². The van der Waals surface area contributed by atoms with Crippen molar-refractivity contribution in [2.75, 3.05) is 13.6 Å². The van der Waals surface area contributed by atoms with Gasteiger partial charge < -0.3 is 10.0 Å². The molecule has 0 aliphatic rings. The molecular weight excluding hydrogens is 208 g/mol. The molecule has 5 nitrogen and oxygen atoms in total. The van der Waals surface area contributed by atoms with Crippen molar-refractivity contribution in [3.8, 4) is 0 Å². The molecule has 1 aromatic heterocycles. The highest BCUT2D eigenvalue weighted by molar-refractivity contribution is 5.94. The van der Waals surface area contributed by atoms with E-state index in [2.05, 4.69) is 11.6 Å². The molecule has 0 aliphatic carbocycles. The van der Waals surface area contributed by atoms with Gasteiger partial charge in [0.15, 0.2) is 0 Å². The predicted molar refractivity (Wildman–Crippen MR) is 58.4 cm³/mol. The fraction of sp³-hybridized carbons (Fsp3) is 0.182. The highest BCUT2D eigenvalue weighted by atomic mass is 16.4. The molecule has 1 rings (SSSR count). The molecule has 0 fully saturated rings.